The van der Waals surface area contributed by atoms with Crippen LogP contribution in [-0.4, -0.2) is 86.3 Å². The van der Waals surface area contributed by atoms with Gasteiger partial charge in [-0.1, -0.05) is 32.8 Å². The van der Waals surface area contributed by atoms with Crippen molar-refractivity contribution in [1.29, 1.82) is 0 Å². The first-order valence-electron chi connectivity index (χ1n) is 14.6. The van der Waals surface area contributed by atoms with Crippen molar-refractivity contribution in [2.75, 3.05) is 59.7 Å². The van der Waals surface area contributed by atoms with Gasteiger partial charge in [-0.25, -0.2) is 0 Å². The number of ketones is 1. The summed E-state index contributed by atoms with van der Waals surface area (Å²) in [5.74, 6) is 0.218. The monoisotopic (exact) mass is 566 g/mol. The van der Waals surface area contributed by atoms with Crippen molar-refractivity contribution in [3.05, 3.63) is 59.2 Å². The Bertz CT molecular complexity index is 1210. The minimum Gasteiger partial charge on any atom is -0.507 e. The number of nitrogens with zero attached hydrogens (tertiary/aromatic N) is 2. The van der Waals surface area contributed by atoms with Crippen molar-refractivity contribution in [2.45, 2.75) is 45.6 Å². The number of hydrogen-bond donors (Lipinski definition) is 1. The number of carbonyl (C=O) groups is 2. The van der Waals surface area contributed by atoms with Crippen LogP contribution in [0.15, 0.2) is 48.0 Å². The summed E-state index contributed by atoms with van der Waals surface area (Å²) in [6.45, 7) is 9.03. The van der Waals surface area contributed by atoms with Crippen LogP contribution >= 0.6 is 0 Å². The van der Waals surface area contributed by atoms with E-state index >= 15 is 0 Å². The maximum Gasteiger partial charge on any atom is 0.295 e. The molecule has 2 aliphatic heterocycles. The Morgan fingerprint density at radius 3 is 2.37 bits per heavy atom. The van der Waals surface area contributed by atoms with Crippen molar-refractivity contribution in [1.82, 2.24) is 9.80 Å². The molecule has 0 aliphatic carbocycles. The fourth-order valence-electron chi connectivity index (χ4n) is 5.12. The smallest absolute Gasteiger partial charge is 0.295 e. The van der Waals surface area contributed by atoms with Crippen molar-refractivity contribution < 1.29 is 33.6 Å². The molecule has 1 N–H and O–H groups in total. The fraction of sp³-hybridized carbons (Fsp3) is 0.500. The molecule has 2 aromatic carbocycles. The van der Waals surface area contributed by atoms with Crippen LogP contribution in [-0.2, 0) is 14.3 Å². The van der Waals surface area contributed by atoms with Crippen LogP contribution in [0.3, 0.4) is 0 Å². The largest absolute Gasteiger partial charge is 0.507 e. The number of likely N-dealkylation sites (tertiary alicyclic amines) is 1. The highest BCUT2D eigenvalue weighted by atomic mass is 16.5. The lowest BCUT2D eigenvalue weighted by Crippen LogP contribution is -2.42. The Labute approximate surface area is 242 Å². The van der Waals surface area contributed by atoms with Gasteiger partial charge >= 0.3 is 0 Å². The molecular formula is C32H42N2O7. The SMILES string of the molecule is CCCCCOc1ccc(C2/C(=C(\O)c3ccc(OCCC)cc3)C(=O)C(=O)N2CCN2CCOCC2)cc1OC. The van der Waals surface area contributed by atoms with Crippen LogP contribution in [0.2, 0.25) is 0 Å². The first-order valence-corrected chi connectivity index (χ1v) is 14.6. The summed E-state index contributed by atoms with van der Waals surface area (Å²) in [5, 5.41) is 11.4. The molecule has 2 aromatic rings. The summed E-state index contributed by atoms with van der Waals surface area (Å²) in [7, 11) is 1.57. The van der Waals surface area contributed by atoms with E-state index in [0.29, 0.717) is 67.9 Å². The zero-order chi connectivity index (χ0) is 29.2. The highest BCUT2D eigenvalue weighted by molar-refractivity contribution is 6.46. The second-order valence-electron chi connectivity index (χ2n) is 10.3. The van der Waals surface area contributed by atoms with E-state index in [9.17, 15) is 14.7 Å². The van der Waals surface area contributed by atoms with Gasteiger partial charge in [-0.2, -0.15) is 0 Å². The number of ether oxygens (including phenoxy) is 4. The average Bonchev–Trinajstić information content (AvgIpc) is 3.26. The van der Waals surface area contributed by atoms with Crippen molar-refractivity contribution >= 4 is 17.4 Å². The van der Waals surface area contributed by atoms with Gasteiger partial charge in [-0.3, -0.25) is 14.5 Å². The van der Waals surface area contributed by atoms with Gasteiger partial charge in [0.2, 0.25) is 0 Å². The summed E-state index contributed by atoms with van der Waals surface area (Å²) in [4.78, 5) is 30.7. The van der Waals surface area contributed by atoms with E-state index in [1.807, 2.05) is 19.1 Å². The maximum atomic E-state index is 13.5. The Hall–Kier alpha value is -3.56. The lowest BCUT2D eigenvalue weighted by molar-refractivity contribution is -0.140. The van der Waals surface area contributed by atoms with Gasteiger partial charge < -0.3 is 29.0 Å². The summed E-state index contributed by atoms with van der Waals surface area (Å²) < 4.78 is 22.7. The Morgan fingerprint density at radius 2 is 1.68 bits per heavy atom. The Balaban J connectivity index is 1.69. The first kappa shape index (κ1) is 30.4. The van der Waals surface area contributed by atoms with Crippen LogP contribution in [0.5, 0.6) is 17.2 Å². The summed E-state index contributed by atoms with van der Waals surface area (Å²) >= 11 is 0. The number of aliphatic hydroxyl groups is 1. The molecule has 0 aromatic heterocycles. The van der Waals surface area contributed by atoms with Gasteiger partial charge in [0.25, 0.3) is 11.7 Å². The summed E-state index contributed by atoms with van der Waals surface area (Å²) in [6, 6.07) is 11.6. The Kier molecular flexibility index (Phi) is 11.0. The molecule has 1 atom stereocenters. The molecule has 0 bridgehead atoms. The number of amides is 1. The van der Waals surface area contributed by atoms with E-state index in [2.05, 4.69) is 11.8 Å². The molecule has 2 aliphatic rings. The number of morpholine rings is 1. The summed E-state index contributed by atoms with van der Waals surface area (Å²) in [6.07, 6.45) is 3.98. The first-order chi connectivity index (χ1) is 20.0. The highest BCUT2D eigenvalue weighted by Crippen LogP contribution is 2.42. The number of unbranched alkanes of at least 4 members (excludes halogenated alkanes) is 2. The van der Waals surface area contributed by atoms with E-state index in [0.717, 1.165) is 38.8 Å². The number of benzene rings is 2. The van der Waals surface area contributed by atoms with Gasteiger partial charge in [0.05, 0.1) is 45.2 Å². The number of rotatable bonds is 14. The van der Waals surface area contributed by atoms with Gasteiger partial charge in [-0.05, 0) is 54.8 Å². The molecule has 1 amide bonds. The van der Waals surface area contributed by atoms with Crippen molar-refractivity contribution in [3.63, 3.8) is 0 Å². The lowest BCUT2D eigenvalue weighted by Gasteiger charge is -2.31. The molecule has 0 saturated carbocycles. The zero-order valence-corrected chi connectivity index (χ0v) is 24.4. The minimum absolute atomic E-state index is 0.0536. The standard InChI is InChI=1S/C32H42N2O7/c1-4-6-7-19-41-26-13-10-24(22-27(26)38-3)29-28(30(35)23-8-11-25(12-9-23)40-18-5-2)31(36)32(37)34(29)15-14-33-16-20-39-21-17-33/h8-13,22,29,35H,4-7,14-21H2,1-3H3/b30-28+. The molecule has 0 radical (unpaired) electrons. The molecule has 41 heavy (non-hydrogen) atoms. The van der Waals surface area contributed by atoms with E-state index < -0.39 is 17.7 Å². The molecule has 0 spiro atoms. The number of methoxy groups -OCH3 is 1. The molecule has 2 heterocycles. The minimum atomic E-state index is -0.782. The van der Waals surface area contributed by atoms with Gasteiger partial charge in [0.15, 0.2) is 11.5 Å². The van der Waals surface area contributed by atoms with Crippen molar-refractivity contribution in [2.24, 2.45) is 0 Å². The van der Waals surface area contributed by atoms with Gasteiger partial charge in [-0.15, -0.1) is 0 Å². The molecular weight excluding hydrogens is 524 g/mol. The Morgan fingerprint density at radius 1 is 0.927 bits per heavy atom. The predicted molar refractivity (Wildman–Crippen MR) is 157 cm³/mol. The normalized spacial score (nSPS) is 19.0. The molecule has 9 heteroatoms. The van der Waals surface area contributed by atoms with Crippen LogP contribution in [0.25, 0.3) is 5.76 Å². The van der Waals surface area contributed by atoms with E-state index in [4.69, 9.17) is 18.9 Å². The summed E-state index contributed by atoms with van der Waals surface area (Å²) in [5.41, 5.74) is 1.15. The molecule has 1 unspecified atom stereocenters. The highest BCUT2D eigenvalue weighted by Gasteiger charge is 2.46. The van der Waals surface area contributed by atoms with Crippen LogP contribution < -0.4 is 14.2 Å². The van der Waals surface area contributed by atoms with Crippen LogP contribution in [0, 0.1) is 0 Å². The average molecular weight is 567 g/mol. The van der Waals surface area contributed by atoms with Gasteiger partial charge in [0.1, 0.15) is 11.5 Å². The molecule has 9 nitrogen and oxygen atoms in total. The topological polar surface area (TPSA) is 97.8 Å². The number of Topliss-reactive ketones (excluding diaryl/α,β-unsaturated/α-hetero) is 1. The third kappa shape index (κ3) is 7.40. The third-order valence-electron chi connectivity index (χ3n) is 7.41. The maximum absolute atomic E-state index is 13.5. The van der Waals surface area contributed by atoms with Crippen LogP contribution in [0.1, 0.15) is 56.7 Å². The van der Waals surface area contributed by atoms with Gasteiger partial charge in [0, 0.05) is 31.7 Å². The number of aliphatic hydroxyl groups excluding tert-OH is 1. The fourth-order valence-corrected chi connectivity index (χ4v) is 5.12. The van der Waals surface area contributed by atoms with E-state index in [1.165, 1.54) is 0 Å². The molecule has 4 rings (SSSR count). The quantitative estimate of drug-likeness (QED) is 0.151. The number of carbonyl (C=O) groups excluding carboxylic acids is 2. The van der Waals surface area contributed by atoms with Crippen LogP contribution in [0.4, 0.5) is 0 Å². The van der Waals surface area contributed by atoms with Crippen molar-refractivity contribution in [3.8, 4) is 17.2 Å². The number of hydrogen-bond acceptors (Lipinski definition) is 8. The predicted octanol–water partition coefficient (Wildman–Crippen LogP) is 4.81. The van der Waals surface area contributed by atoms with E-state index in [1.54, 1.807) is 42.3 Å². The lowest BCUT2D eigenvalue weighted by atomic mass is 9.95. The zero-order valence-electron chi connectivity index (χ0n) is 24.4. The second-order valence-corrected chi connectivity index (χ2v) is 10.3. The second kappa shape index (κ2) is 14.9. The van der Waals surface area contributed by atoms with E-state index in [-0.39, 0.29) is 11.3 Å². The molecule has 2 fully saturated rings. The molecule has 222 valence electrons. The third-order valence-corrected chi connectivity index (χ3v) is 7.41. The molecule has 2 saturated heterocycles.